The van der Waals surface area contributed by atoms with E-state index in [0.717, 1.165) is 5.56 Å². The zero-order valence-electron chi connectivity index (χ0n) is 14.1. The Labute approximate surface area is 142 Å². The Balaban J connectivity index is 1.86. The van der Waals surface area contributed by atoms with Crippen LogP contribution in [0.1, 0.15) is 19.4 Å². The highest BCUT2D eigenvalue weighted by molar-refractivity contribution is 5.94. The molecule has 0 aliphatic heterocycles. The van der Waals surface area contributed by atoms with Gasteiger partial charge in [-0.05, 0) is 42.8 Å². The second-order valence-corrected chi connectivity index (χ2v) is 5.82. The van der Waals surface area contributed by atoms with Crippen molar-refractivity contribution in [2.24, 2.45) is 5.92 Å². The van der Waals surface area contributed by atoms with Gasteiger partial charge in [0.05, 0.1) is 0 Å². The van der Waals surface area contributed by atoms with Crippen LogP contribution in [0.5, 0.6) is 5.75 Å². The summed E-state index contributed by atoms with van der Waals surface area (Å²) >= 11 is 0. The highest BCUT2D eigenvalue weighted by Crippen LogP contribution is 2.17. The maximum Gasteiger partial charge on any atom is 0.262 e. The first-order chi connectivity index (χ1) is 11.5. The number of anilines is 2. The van der Waals surface area contributed by atoms with E-state index < -0.39 is 0 Å². The minimum Gasteiger partial charge on any atom is -0.483 e. The van der Waals surface area contributed by atoms with Crippen LogP contribution >= 0.6 is 0 Å². The Morgan fingerprint density at radius 3 is 2.12 bits per heavy atom. The lowest BCUT2D eigenvalue weighted by Crippen LogP contribution is -2.20. The van der Waals surface area contributed by atoms with Gasteiger partial charge in [-0.3, -0.25) is 9.59 Å². The van der Waals surface area contributed by atoms with Gasteiger partial charge in [0.25, 0.3) is 5.91 Å². The number of carbonyl (C=O) groups excluding carboxylic acids is 2. The van der Waals surface area contributed by atoms with E-state index in [0.29, 0.717) is 17.1 Å². The van der Waals surface area contributed by atoms with Crippen molar-refractivity contribution < 1.29 is 14.3 Å². The van der Waals surface area contributed by atoms with E-state index in [2.05, 4.69) is 10.6 Å². The zero-order chi connectivity index (χ0) is 17.5. The number of benzene rings is 2. The number of rotatable bonds is 6. The zero-order valence-corrected chi connectivity index (χ0v) is 14.1. The molecule has 0 spiro atoms. The summed E-state index contributed by atoms with van der Waals surface area (Å²) in [7, 11) is 0. The van der Waals surface area contributed by atoms with E-state index in [4.69, 9.17) is 4.74 Å². The molecule has 2 amide bonds. The van der Waals surface area contributed by atoms with E-state index in [1.165, 1.54) is 0 Å². The van der Waals surface area contributed by atoms with E-state index >= 15 is 0 Å². The van der Waals surface area contributed by atoms with Crippen molar-refractivity contribution in [2.45, 2.75) is 20.8 Å². The highest BCUT2D eigenvalue weighted by Gasteiger charge is 2.08. The number of nitrogens with one attached hydrogen (secondary N) is 2. The minimum absolute atomic E-state index is 0.0431. The summed E-state index contributed by atoms with van der Waals surface area (Å²) in [4.78, 5) is 23.6. The molecule has 0 aliphatic carbocycles. The first-order valence-electron chi connectivity index (χ1n) is 7.85. The molecule has 0 atom stereocenters. The number of hydrogen-bond donors (Lipinski definition) is 2. The second kappa shape index (κ2) is 8.15. The Morgan fingerprint density at radius 2 is 1.54 bits per heavy atom. The average Bonchev–Trinajstić information content (AvgIpc) is 2.56. The van der Waals surface area contributed by atoms with Crippen molar-refractivity contribution in [1.29, 1.82) is 0 Å². The summed E-state index contributed by atoms with van der Waals surface area (Å²) in [5.41, 5.74) is 2.33. The van der Waals surface area contributed by atoms with Crippen LogP contribution in [0.15, 0.2) is 48.5 Å². The molecule has 0 unspecified atom stereocenters. The molecule has 2 aromatic carbocycles. The van der Waals surface area contributed by atoms with Gasteiger partial charge in [-0.15, -0.1) is 0 Å². The van der Waals surface area contributed by atoms with E-state index in [9.17, 15) is 9.59 Å². The van der Waals surface area contributed by atoms with Gasteiger partial charge in [-0.1, -0.05) is 32.0 Å². The van der Waals surface area contributed by atoms with Crippen LogP contribution in [0, 0.1) is 12.8 Å². The predicted octanol–water partition coefficient (Wildman–Crippen LogP) is 3.61. The molecule has 24 heavy (non-hydrogen) atoms. The summed E-state index contributed by atoms with van der Waals surface area (Å²) in [6, 6.07) is 14.5. The average molecular weight is 326 g/mol. The van der Waals surface area contributed by atoms with Gasteiger partial charge in [0.1, 0.15) is 5.75 Å². The Bertz CT molecular complexity index is 709. The molecular weight excluding hydrogens is 304 g/mol. The lowest BCUT2D eigenvalue weighted by molar-refractivity contribution is -0.119. The van der Waals surface area contributed by atoms with Gasteiger partial charge in [-0.25, -0.2) is 0 Å². The van der Waals surface area contributed by atoms with Crippen molar-refractivity contribution >= 4 is 23.2 Å². The number of carbonyl (C=O) groups is 2. The topological polar surface area (TPSA) is 67.4 Å². The summed E-state index contributed by atoms with van der Waals surface area (Å²) < 4.78 is 5.50. The standard InChI is InChI=1S/C19H22N2O3/c1-13(2)19(23)21-16-10-8-15(9-11-16)20-18(22)12-24-17-7-5-4-6-14(17)3/h4-11,13H,12H2,1-3H3,(H,20,22)(H,21,23). The number of ether oxygens (including phenoxy) is 1. The first-order valence-corrected chi connectivity index (χ1v) is 7.85. The number of aryl methyl sites for hydroxylation is 1. The van der Waals surface area contributed by atoms with Gasteiger partial charge in [0.2, 0.25) is 5.91 Å². The highest BCUT2D eigenvalue weighted by atomic mass is 16.5. The monoisotopic (exact) mass is 326 g/mol. The molecule has 5 nitrogen and oxygen atoms in total. The second-order valence-electron chi connectivity index (χ2n) is 5.82. The molecular formula is C19H22N2O3. The third-order valence-corrected chi connectivity index (χ3v) is 3.41. The van der Waals surface area contributed by atoms with Crippen molar-refractivity contribution in [3.8, 4) is 5.75 Å². The maximum absolute atomic E-state index is 11.9. The summed E-state index contributed by atoms with van der Waals surface area (Å²) in [5, 5.41) is 5.56. The Hall–Kier alpha value is -2.82. The fourth-order valence-electron chi connectivity index (χ4n) is 1.98. The SMILES string of the molecule is Cc1ccccc1OCC(=O)Nc1ccc(NC(=O)C(C)C)cc1. The fraction of sp³-hybridized carbons (Fsp3) is 0.263. The van der Waals surface area contributed by atoms with Crippen molar-refractivity contribution in [3.05, 3.63) is 54.1 Å². The van der Waals surface area contributed by atoms with Crippen molar-refractivity contribution in [2.75, 3.05) is 17.2 Å². The van der Waals surface area contributed by atoms with Crippen LogP contribution in [0.2, 0.25) is 0 Å². The Morgan fingerprint density at radius 1 is 0.958 bits per heavy atom. The number of para-hydroxylation sites is 1. The molecule has 0 radical (unpaired) electrons. The van der Waals surface area contributed by atoms with Gasteiger partial charge >= 0.3 is 0 Å². The molecule has 2 rings (SSSR count). The molecule has 0 heterocycles. The fourth-order valence-corrected chi connectivity index (χ4v) is 1.98. The van der Waals surface area contributed by atoms with Crippen molar-refractivity contribution in [3.63, 3.8) is 0 Å². The molecule has 0 saturated carbocycles. The minimum atomic E-state index is -0.239. The summed E-state index contributed by atoms with van der Waals surface area (Å²) in [6.45, 7) is 5.53. The lowest BCUT2D eigenvalue weighted by atomic mass is 10.2. The molecule has 2 N–H and O–H groups in total. The maximum atomic E-state index is 11.9. The molecule has 5 heteroatoms. The van der Waals surface area contributed by atoms with Gasteiger partial charge < -0.3 is 15.4 Å². The normalized spacial score (nSPS) is 10.3. The van der Waals surface area contributed by atoms with Crippen LogP contribution in [0.25, 0.3) is 0 Å². The van der Waals surface area contributed by atoms with E-state index in [1.807, 2.05) is 45.0 Å². The molecule has 0 aromatic heterocycles. The molecule has 0 saturated heterocycles. The van der Waals surface area contributed by atoms with Gasteiger partial charge in [0.15, 0.2) is 6.61 Å². The van der Waals surface area contributed by atoms with Crippen LogP contribution in [0.4, 0.5) is 11.4 Å². The van der Waals surface area contributed by atoms with Crippen LogP contribution in [-0.4, -0.2) is 18.4 Å². The first kappa shape index (κ1) is 17.5. The number of hydrogen-bond acceptors (Lipinski definition) is 3. The van der Waals surface area contributed by atoms with Gasteiger partial charge in [-0.2, -0.15) is 0 Å². The largest absolute Gasteiger partial charge is 0.483 e. The molecule has 2 aromatic rings. The molecule has 126 valence electrons. The number of amides is 2. The smallest absolute Gasteiger partial charge is 0.262 e. The summed E-state index contributed by atoms with van der Waals surface area (Å²) in [6.07, 6.45) is 0. The molecule has 0 aliphatic rings. The van der Waals surface area contributed by atoms with Crippen LogP contribution in [-0.2, 0) is 9.59 Å². The van der Waals surface area contributed by atoms with E-state index in [-0.39, 0.29) is 24.3 Å². The summed E-state index contributed by atoms with van der Waals surface area (Å²) in [5.74, 6) is 0.331. The van der Waals surface area contributed by atoms with Gasteiger partial charge in [0, 0.05) is 17.3 Å². The molecule has 0 fully saturated rings. The van der Waals surface area contributed by atoms with Crippen LogP contribution < -0.4 is 15.4 Å². The molecule has 0 bridgehead atoms. The Kier molecular flexibility index (Phi) is 5.95. The third-order valence-electron chi connectivity index (χ3n) is 3.41. The van der Waals surface area contributed by atoms with Crippen LogP contribution in [0.3, 0.4) is 0 Å². The predicted molar refractivity (Wildman–Crippen MR) is 95.2 cm³/mol. The third kappa shape index (κ3) is 5.12. The quantitative estimate of drug-likeness (QED) is 0.852. The lowest BCUT2D eigenvalue weighted by Gasteiger charge is -2.11. The van der Waals surface area contributed by atoms with Crippen molar-refractivity contribution in [1.82, 2.24) is 0 Å². The van der Waals surface area contributed by atoms with E-state index in [1.54, 1.807) is 24.3 Å².